The van der Waals surface area contributed by atoms with Crippen LogP contribution in [0.2, 0.25) is 0 Å². The lowest BCUT2D eigenvalue weighted by Gasteiger charge is -2.22. The molecule has 1 fully saturated rings. The van der Waals surface area contributed by atoms with Crippen molar-refractivity contribution in [2.24, 2.45) is 0 Å². The predicted octanol–water partition coefficient (Wildman–Crippen LogP) is 3.75. The zero-order chi connectivity index (χ0) is 18.7. The Hall–Kier alpha value is -1.51. The number of hydrogen-bond donors (Lipinski definition) is 0. The summed E-state index contributed by atoms with van der Waals surface area (Å²) >= 11 is 3.49. The number of rotatable bonds is 5. The van der Waals surface area contributed by atoms with Crippen LogP contribution < -0.4 is 0 Å². The first kappa shape index (κ1) is 19.3. The van der Waals surface area contributed by atoms with Crippen molar-refractivity contribution in [2.75, 3.05) is 13.7 Å². The van der Waals surface area contributed by atoms with Crippen molar-refractivity contribution in [3.05, 3.63) is 70.2 Å². The Morgan fingerprint density at radius 3 is 2.46 bits per heavy atom. The maximum atomic E-state index is 13.1. The van der Waals surface area contributed by atoms with Gasteiger partial charge in [0.05, 0.1) is 11.4 Å². The fourth-order valence-corrected chi connectivity index (χ4v) is 4.92. The highest BCUT2D eigenvalue weighted by Crippen LogP contribution is 2.32. The van der Waals surface area contributed by atoms with Gasteiger partial charge >= 0.3 is 0 Å². The molecule has 1 saturated heterocycles. The van der Waals surface area contributed by atoms with Gasteiger partial charge in [-0.2, -0.15) is 4.31 Å². The minimum absolute atomic E-state index is 0.120. The number of halogens is 1. The van der Waals surface area contributed by atoms with E-state index in [1.807, 2.05) is 43.3 Å². The van der Waals surface area contributed by atoms with E-state index in [1.165, 1.54) is 11.4 Å². The lowest BCUT2D eigenvalue weighted by Crippen LogP contribution is -2.36. The summed E-state index contributed by atoms with van der Waals surface area (Å²) in [5.41, 5.74) is 1.94. The second-order valence-corrected chi connectivity index (χ2v) is 8.79. The average molecular weight is 438 g/mol. The van der Waals surface area contributed by atoms with Crippen LogP contribution in [-0.2, 0) is 19.5 Å². The van der Waals surface area contributed by atoms with E-state index in [1.54, 1.807) is 24.3 Å². The summed E-state index contributed by atoms with van der Waals surface area (Å²) in [5.74, 6) is 0. The molecule has 5 nitrogen and oxygen atoms in total. The van der Waals surface area contributed by atoms with Crippen molar-refractivity contribution in [2.45, 2.75) is 24.3 Å². The highest BCUT2D eigenvalue weighted by atomic mass is 79.9. The van der Waals surface area contributed by atoms with Gasteiger partial charge in [0.15, 0.2) is 12.5 Å². The standard InChI is InChI=1S/C19H20BrNO4S/c1-14-8-10-16(11-9-14)26(22,23)21-13-18(24-2)25-19(21)17(20)12-15-6-4-3-5-7-15/h3-12,18-19H,13H2,1-2H3/b17-12+. The van der Waals surface area contributed by atoms with Crippen LogP contribution in [0.4, 0.5) is 0 Å². The summed E-state index contributed by atoms with van der Waals surface area (Å²) in [5, 5.41) is 0. The van der Waals surface area contributed by atoms with Crippen LogP contribution in [0.1, 0.15) is 11.1 Å². The lowest BCUT2D eigenvalue weighted by atomic mass is 10.2. The van der Waals surface area contributed by atoms with E-state index in [4.69, 9.17) is 9.47 Å². The minimum atomic E-state index is -3.73. The number of ether oxygens (including phenoxy) is 2. The van der Waals surface area contributed by atoms with Crippen molar-refractivity contribution in [3.8, 4) is 0 Å². The summed E-state index contributed by atoms with van der Waals surface area (Å²) in [6, 6.07) is 16.4. The molecular weight excluding hydrogens is 418 g/mol. The highest BCUT2D eigenvalue weighted by molar-refractivity contribution is 9.11. The van der Waals surface area contributed by atoms with Crippen molar-refractivity contribution in [1.82, 2.24) is 4.31 Å². The molecule has 0 saturated carbocycles. The highest BCUT2D eigenvalue weighted by Gasteiger charge is 2.42. The monoisotopic (exact) mass is 437 g/mol. The van der Waals surface area contributed by atoms with Gasteiger partial charge in [0.25, 0.3) is 0 Å². The Bertz CT molecular complexity index is 882. The summed E-state index contributed by atoms with van der Waals surface area (Å²) in [6.45, 7) is 2.04. The smallest absolute Gasteiger partial charge is 0.245 e. The van der Waals surface area contributed by atoms with Gasteiger partial charge in [0.1, 0.15) is 0 Å². The first-order valence-corrected chi connectivity index (χ1v) is 10.3. The van der Waals surface area contributed by atoms with Gasteiger partial charge in [0.2, 0.25) is 10.0 Å². The van der Waals surface area contributed by atoms with E-state index in [9.17, 15) is 8.42 Å². The molecule has 0 amide bonds. The molecule has 0 bridgehead atoms. The quantitative estimate of drug-likeness (QED) is 0.714. The van der Waals surface area contributed by atoms with Crippen molar-refractivity contribution >= 4 is 32.0 Å². The molecule has 0 spiro atoms. The maximum absolute atomic E-state index is 13.1. The van der Waals surface area contributed by atoms with Crippen LogP contribution in [0.5, 0.6) is 0 Å². The average Bonchev–Trinajstić information content (AvgIpc) is 3.08. The molecule has 7 heteroatoms. The van der Waals surface area contributed by atoms with Gasteiger partial charge in [-0.05, 0) is 30.7 Å². The molecule has 1 aliphatic rings. The summed E-state index contributed by atoms with van der Waals surface area (Å²) in [4.78, 5) is 0.230. The molecule has 2 unspecified atom stereocenters. The SMILES string of the molecule is COC1CN(S(=O)(=O)c2ccc(C)cc2)C(/C(Br)=C\c2ccccc2)O1. The third-order valence-corrected chi connectivity index (χ3v) is 6.55. The normalized spacial score (nSPS) is 21.9. The maximum Gasteiger partial charge on any atom is 0.245 e. The summed E-state index contributed by atoms with van der Waals surface area (Å²) in [7, 11) is -2.23. The van der Waals surface area contributed by atoms with E-state index >= 15 is 0 Å². The number of aryl methyl sites for hydroxylation is 1. The van der Waals surface area contributed by atoms with Crippen LogP contribution >= 0.6 is 15.9 Å². The molecule has 2 aromatic carbocycles. The molecule has 0 radical (unpaired) electrons. The Morgan fingerprint density at radius 1 is 1.19 bits per heavy atom. The fraction of sp³-hybridized carbons (Fsp3) is 0.263. The fourth-order valence-electron chi connectivity index (χ4n) is 2.68. The van der Waals surface area contributed by atoms with E-state index < -0.39 is 22.5 Å². The van der Waals surface area contributed by atoms with Gasteiger partial charge in [-0.15, -0.1) is 0 Å². The Kier molecular flexibility index (Phi) is 5.94. The van der Waals surface area contributed by atoms with Crippen molar-refractivity contribution in [3.63, 3.8) is 0 Å². The third-order valence-electron chi connectivity index (χ3n) is 4.10. The first-order valence-electron chi connectivity index (χ1n) is 8.11. The van der Waals surface area contributed by atoms with E-state index in [2.05, 4.69) is 15.9 Å². The molecule has 2 aromatic rings. The van der Waals surface area contributed by atoms with E-state index in [0.717, 1.165) is 11.1 Å². The van der Waals surface area contributed by atoms with Gasteiger partial charge < -0.3 is 9.47 Å². The lowest BCUT2D eigenvalue weighted by molar-refractivity contribution is -0.101. The van der Waals surface area contributed by atoms with Crippen LogP contribution in [0, 0.1) is 6.92 Å². The van der Waals surface area contributed by atoms with Gasteiger partial charge in [0, 0.05) is 11.6 Å². The second kappa shape index (κ2) is 8.02. The Balaban J connectivity index is 1.95. The van der Waals surface area contributed by atoms with Crippen LogP contribution in [0.15, 0.2) is 64.0 Å². The topological polar surface area (TPSA) is 55.8 Å². The zero-order valence-corrected chi connectivity index (χ0v) is 16.9. The first-order chi connectivity index (χ1) is 12.4. The number of benzene rings is 2. The van der Waals surface area contributed by atoms with Crippen LogP contribution in [0.25, 0.3) is 6.08 Å². The molecule has 1 aliphatic heterocycles. The molecule has 2 atom stereocenters. The number of sulfonamides is 1. The zero-order valence-electron chi connectivity index (χ0n) is 14.5. The number of hydrogen-bond acceptors (Lipinski definition) is 4. The molecule has 1 heterocycles. The minimum Gasteiger partial charge on any atom is -0.354 e. The molecule has 3 rings (SSSR count). The Morgan fingerprint density at radius 2 is 1.85 bits per heavy atom. The van der Waals surface area contributed by atoms with E-state index in [-0.39, 0.29) is 11.4 Å². The molecule has 26 heavy (non-hydrogen) atoms. The molecule has 0 aromatic heterocycles. The van der Waals surface area contributed by atoms with Gasteiger partial charge in [-0.25, -0.2) is 8.42 Å². The van der Waals surface area contributed by atoms with Crippen LogP contribution in [-0.4, -0.2) is 38.9 Å². The molecule has 0 aliphatic carbocycles. The summed E-state index contributed by atoms with van der Waals surface area (Å²) < 4.78 is 39.2. The largest absolute Gasteiger partial charge is 0.354 e. The van der Waals surface area contributed by atoms with Crippen molar-refractivity contribution in [1.29, 1.82) is 0 Å². The molecule has 0 N–H and O–H groups in total. The Labute approximate surface area is 162 Å². The van der Waals surface area contributed by atoms with Gasteiger partial charge in [-0.3, -0.25) is 0 Å². The predicted molar refractivity (Wildman–Crippen MR) is 104 cm³/mol. The molecule has 138 valence electrons. The van der Waals surface area contributed by atoms with Gasteiger partial charge in [-0.1, -0.05) is 64.0 Å². The van der Waals surface area contributed by atoms with Crippen molar-refractivity contribution < 1.29 is 17.9 Å². The third kappa shape index (κ3) is 4.07. The summed E-state index contributed by atoms with van der Waals surface area (Å²) in [6.07, 6.45) is 0.434. The number of methoxy groups -OCH3 is 1. The number of nitrogens with zero attached hydrogens (tertiary/aromatic N) is 1. The van der Waals surface area contributed by atoms with Crippen LogP contribution in [0.3, 0.4) is 0 Å². The van der Waals surface area contributed by atoms with E-state index in [0.29, 0.717) is 4.48 Å². The molecular formula is C19H20BrNO4S. The second-order valence-electron chi connectivity index (χ2n) is 5.98.